The van der Waals surface area contributed by atoms with Gasteiger partial charge in [0.05, 0.1) is 4.90 Å². The molecule has 26 heavy (non-hydrogen) atoms. The molecule has 140 valence electrons. The van der Waals surface area contributed by atoms with Crippen molar-refractivity contribution in [3.05, 3.63) is 59.7 Å². The average Bonchev–Trinajstić information content (AvgIpc) is 2.63. The van der Waals surface area contributed by atoms with E-state index in [4.69, 9.17) is 12.2 Å². The lowest BCUT2D eigenvalue weighted by atomic mass is 10.2. The van der Waals surface area contributed by atoms with Crippen molar-refractivity contribution in [2.45, 2.75) is 32.2 Å². The number of anilines is 1. The molecule has 0 aliphatic carbocycles. The molecule has 7 heteroatoms. The van der Waals surface area contributed by atoms with Gasteiger partial charge in [0.15, 0.2) is 5.11 Å². The molecule has 0 unspecified atom stereocenters. The number of benzene rings is 2. The number of hydrogen-bond acceptors (Lipinski definition) is 3. The third kappa shape index (κ3) is 5.03. The molecule has 0 radical (unpaired) electrons. The van der Waals surface area contributed by atoms with Gasteiger partial charge in [-0.3, -0.25) is 0 Å². The molecule has 0 amide bonds. The number of para-hydroxylation sites is 1. The van der Waals surface area contributed by atoms with Gasteiger partial charge in [0.1, 0.15) is 0 Å². The van der Waals surface area contributed by atoms with Crippen LogP contribution in [0.5, 0.6) is 0 Å². The zero-order valence-corrected chi connectivity index (χ0v) is 17.0. The van der Waals surface area contributed by atoms with E-state index in [9.17, 15) is 8.42 Å². The van der Waals surface area contributed by atoms with Crippen molar-refractivity contribution >= 4 is 33.0 Å². The number of thiocarbonyl (C=S) groups is 1. The maximum atomic E-state index is 12.5. The van der Waals surface area contributed by atoms with Crippen molar-refractivity contribution < 1.29 is 8.42 Å². The summed E-state index contributed by atoms with van der Waals surface area (Å²) in [7, 11) is -3.42. The minimum Gasteiger partial charge on any atom is -0.358 e. The van der Waals surface area contributed by atoms with Gasteiger partial charge < -0.3 is 10.6 Å². The topological polar surface area (TPSA) is 61.4 Å². The van der Waals surface area contributed by atoms with Crippen LogP contribution < -0.4 is 10.6 Å². The fourth-order valence-electron chi connectivity index (χ4n) is 2.55. The van der Waals surface area contributed by atoms with E-state index < -0.39 is 10.0 Å². The van der Waals surface area contributed by atoms with Crippen LogP contribution in [0.15, 0.2) is 53.4 Å². The number of hydrogen-bond donors (Lipinski definition) is 2. The first kappa shape index (κ1) is 20.4. The second kappa shape index (κ2) is 9.12. The highest BCUT2D eigenvalue weighted by atomic mass is 32.2. The smallest absolute Gasteiger partial charge is 0.243 e. The van der Waals surface area contributed by atoms with Gasteiger partial charge >= 0.3 is 0 Å². The Bertz CT molecular complexity index is 845. The highest BCUT2D eigenvalue weighted by Gasteiger charge is 2.21. The molecule has 5 nitrogen and oxygen atoms in total. The lowest BCUT2D eigenvalue weighted by Crippen LogP contribution is -2.30. The Balaban J connectivity index is 1.97. The number of nitrogens with zero attached hydrogens (tertiary/aromatic N) is 1. The Hall–Kier alpha value is -1.96. The number of rotatable bonds is 7. The Morgan fingerprint density at radius 1 is 1.04 bits per heavy atom. The molecule has 2 aromatic rings. The van der Waals surface area contributed by atoms with Crippen LogP contribution in [-0.2, 0) is 16.6 Å². The Kier molecular flexibility index (Phi) is 7.14. The van der Waals surface area contributed by atoms with E-state index in [2.05, 4.69) is 10.6 Å². The summed E-state index contributed by atoms with van der Waals surface area (Å²) < 4.78 is 26.4. The van der Waals surface area contributed by atoms with Crippen molar-refractivity contribution in [3.8, 4) is 0 Å². The van der Waals surface area contributed by atoms with E-state index in [0.29, 0.717) is 29.6 Å². The van der Waals surface area contributed by atoms with Gasteiger partial charge in [-0.1, -0.05) is 44.2 Å². The standard InChI is InChI=1S/C19H25N3O2S2/c1-4-22(5-2)26(23,24)17-12-10-16(11-13-17)14-20-19(25)21-18-9-7-6-8-15(18)3/h6-13H,4-5,14H2,1-3H3,(H2,20,21,25). The molecule has 0 aliphatic rings. The monoisotopic (exact) mass is 391 g/mol. The first-order chi connectivity index (χ1) is 12.4. The minimum absolute atomic E-state index is 0.311. The molecule has 0 heterocycles. The van der Waals surface area contributed by atoms with Gasteiger partial charge in [0, 0.05) is 25.3 Å². The van der Waals surface area contributed by atoms with E-state index in [1.807, 2.05) is 45.0 Å². The molecule has 0 spiro atoms. The van der Waals surface area contributed by atoms with Crippen molar-refractivity contribution in [2.24, 2.45) is 0 Å². The highest BCUT2D eigenvalue weighted by Crippen LogP contribution is 2.16. The summed E-state index contributed by atoms with van der Waals surface area (Å²) in [6.45, 7) is 7.12. The van der Waals surface area contributed by atoms with Crippen LogP contribution >= 0.6 is 12.2 Å². The van der Waals surface area contributed by atoms with Gasteiger partial charge in [-0.25, -0.2) is 8.42 Å². The molecule has 0 aliphatic heterocycles. The van der Waals surface area contributed by atoms with Crippen LogP contribution in [0.2, 0.25) is 0 Å². The van der Waals surface area contributed by atoms with Crippen molar-refractivity contribution in [3.63, 3.8) is 0 Å². The van der Waals surface area contributed by atoms with Crippen molar-refractivity contribution in [1.82, 2.24) is 9.62 Å². The first-order valence-corrected chi connectivity index (χ1v) is 10.4. The Morgan fingerprint density at radius 2 is 1.65 bits per heavy atom. The van der Waals surface area contributed by atoms with E-state index in [0.717, 1.165) is 16.8 Å². The minimum atomic E-state index is -3.42. The maximum absolute atomic E-state index is 12.5. The molecule has 0 aromatic heterocycles. The molecule has 2 N–H and O–H groups in total. The molecule has 0 saturated carbocycles. The largest absolute Gasteiger partial charge is 0.358 e. The zero-order valence-electron chi connectivity index (χ0n) is 15.3. The summed E-state index contributed by atoms with van der Waals surface area (Å²) in [4.78, 5) is 0.311. The zero-order chi connectivity index (χ0) is 19.2. The number of nitrogens with one attached hydrogen (secondary N) is 2. The summed E-state index contributed by atoms with van der Waals surface area (Å²) in [6.07, 6.45) is 0. The van der Waals surface area contributed by atoms with Crippen LogP contribution in [0, 0.1) is 6.92 Å². The lowest BCUT2D eigenvalue weighted by molar-refractivity contribution is 0.445. The molecular formula is C19H25N3O2S2. The van der Waals surface area contributed by atoms with Crippen LogP contribution in [-0.4, -0.2) is 30.9 Å². The fraction of sp³-hybridized carbons (Fsp3) is 0.316. The van der Waals surface area contributed by atoms with Gasteiger partial charge in [0.25, 0.3) is 0 Å². The maximum Gasteiger partial charge on any atom is 0.243 e. The first-order valence-electron chi connectivity index (χ1n) is 8.58. The molecule has 0 saturated heterocycles. The second-order valence-corrected chi connectivity index (χ2v) is 8.20. The Labute approximate surface area is 161 Å². The second-order valence-electron chi connectivity index (χ2n) is 5.86. The summed E-state index contributed by atoms with van der Waals surface area (Å²) >= 11 is 5.32. The van der Waals surface area contributed by atoms with Gasteiger partial charge in [-0.05, 0) is 48.5 Å². The van der Waals surface area contributed by atoms with Crippen molar-refractivity contribution in [1.29, 1.82) is 0 Å². The summed E-state index contributed by atoms with van der Waals surface area (Å²) in [5.74, 6) is 0. The predicted octanol–water partition coefficient (Wildman–Crippen LogP) is 3.51. The van der Waals surface area contributed by atoms with Crippen LogP contribution in [0.25, 0.3) is 0 Å². The molecule has 0 bridgehead atoms. The van der Waals surface area contributed by atoms with Crippen LogP contribution in [0.1, 0.15) is 25.0 Å². The average molecular weight is 392 g/mol. The van der Waals surface area contributed by atoms with Crippen molar-refractivity contribution in [2.75, 3.05) is 18.4 Å². The third-order valence-corrected chi connectivity index (χ3v) is 6.42. The van der Waals surface area contributed by atoms with Gasteiger partial charge in [-0.15, -0.1) is 0 Å². The molecule has 0 atom stereocenters. The third-order valence-electron chi connectivity index (χ3n) is 4.11. The summed E-state index contributed by atoms with van der Waals surface area (Å²) in [6, 6.07) is 14.8. The fourth-order valence-corrected chi connectivity index (χ4v) is 4.19. The van der Waals surface area contributed by atoms with E-state index >= 15 is 0 Å². The molecule has 2 aromatic carbocycles. The molecule has 0 fully saturated rings. The van der Waals surface area contributed by atoms with E-state index in [-0.39, 0.29) is 0 Å². The normalized spacial score (nSPS) is 11.4. The SMILES string of the molecule is CCN(CC)S(=O)(=O)c1ccc(CNC(=S)Nc2ccccc2C)cc1. The predicted molar refractivity (Wildman–Crippen MR) is 111 cm³/mol. The lowest BCUT2D eigenvalue weighted by Gasteiger charge is -2.18. The molecular weight excluding hydrogens is 366 g/mol. The van der Waals surface area contributed by atoms with E-state index in [1.165, 1.54) is 4.31 Å². The Morgan fingerprint density at radius 3 is 2.23 bits per heavy atom. The van der Waals surface area contributed by atoms with Gasteiger partial charge in [0.2, 0.25) is 10.0 Å². The van der Waals surface area contributed by atoms with E-state index in [1.54, 1.807) is 24.3 Å². The molecule has 2 rings (SSSR count). The number of aryl methyl sites for hydroxylation is 1. The summed E-state index contributed by atoms with van der Waals surface area (Å²) in [5.41, 5.74) is 3.03. The quantitative estimate of drug-likeness (QED) is 0.707. The number of sulfonamides is 1. The summed E-state index contributed by atoms with van der Waals surface area (Å²) in [5, 5.41) is 6.83. The highest BCUT2D eigenvalue weighted by molar-refractivity contribution is 7.89. The van der Waals surface area contributed by atoms with Gasteiger partial charge in [-0.2, -0.15) is 4.31 Å². The van der Waals surface area contributed by atoms with Crippen LogP contribution in [0.4, 0.5) is 5.69 Å². The van der Waals surface area contributed by atoms with Crippen LogP contribution in [0.3, 0.4) is 0 Å².